The smallest absolute Gasteiger partial charge is 0.339 e. The summed E-state index contributed by atoms with van der Waals surface area (Å²) in [6.07, 6.45) is 5.65. The summed E-state index contributed by atoms with van der Waals surface area (Å²) in [5, 5.41) is 9.30. The fourth-order valence-corrected chi connectivity index (χ4v) is 2.91. The van der Waals surface area contributed by atoms with Crippen LogP contribution in [0.25, 0.3) is 0 Å². The van der Waals surface area contributed by atoms with Gasteiger partial charge in [-0.3, -0.25) is 0 Å². The highest BCUT2D eigenvalue weighted by atomic mass is 16.5. The highest BCUT2D eigenvalue weighted by molar-refractivity contribution is 5.92. The number of benzene rings is 1. The molecular formula is C16H22O4. The minimum Gasteiger partial charge on any atom is -0.493 e. The van der Waals surface area contributed by atoms with Gasteiger partial charge in [-0.1, -0.05) is 19.4 Å². The second-order valence-electron chi connectivity index (χ2n) is 5.25. The van der Waals surface area contributed by atoms with Crippen LogP contribution in [-0.4, -0.2) is 24.3 Å². The van der Waals surface area contributed by atoms with E-state index < -0.39 is 5.97 Å². The number of para-hydroxylation sites is 1. The molecule has 1 fully saturated rings. The Morgan fingerprint density at radius 3 is 2.75 bits per heavy atom. The maximum atomic E-state index is 11.3. The number of rotatable bonds is 5. The van der Waals surface area contributed by atoms with E-state index in [1.54, 1.807) is 18.2 Å². The minimum atomic E-state index is -0.984. The van der Waals surface area contributed by atoms with Gasteiger partial charge in [0, 0.05) is 0 Å². The summed E-state index contributed by atoms with van der Waals surface area (Å²) < 4.78 is 11.3. The van der Waals surface area contributed by atoms with Crippen molar-refractivity contribution in [1.82, 2.24) is 0 Å². The third-order valence-corrected chi connectivity index (χ3v) is 4.06. The Kier molecular flexibility index (Phi) is 4.88. The summed E-state index contributed by atoms with van der Waals surface area (Å²) >= 11 is 0. The van der Waals surface area contributed by atoms with Crippen LogP contribution in [0.3, 0.4) is 0 Å². The van der Waals surface area contributed by atoms with E-state index in [2.05, 4.69) is 6.92 Å². The first-order valence-corrected chi connectivity index (χ1v) is 7.24. The summed E-state index contributed by atoms with van der Waals surface area (Å²) in [6.45, 7) is 2.16. The molecule has 0 amide bonds. The number of carboxylic acid groups (broad SMARTS) is 1. The van der Waals surface area contributed by atoms with Crippen molar-refractivity contribution in [3.63, 3.8) is 0 Å². The number of ether oxygens (including phenoxy) is 2. The zero-order valence-corrected chi connectivity index (χ0v) is 12.1. The van der Waals surface area contributed by atoms with Gasteiger partial charge < -0.3 is 14.6 Å². The Morgan fingerprint density at radius 1 is 1.35 bits per heavy atom. The van der Waals surface area contributed by atoms with Gasteiger partial charge in [-0.25, -0.2) is 4.79 Å². The summed E-state index contributed by atoms with van der Waals surface area (Å²) in [5.74, 6) is 0.372. The van der Waals surface area contributed by atoms with Crippen molar-refractivity contribution >= 4 is 5.97 Å². The lowest BCUT2D eigenvalue weighted by Crippen LogP contribution is -2.30. The van der Waals surface area contributed by atoms with Crippen molar-refractivity contribution in [2.24, 2.45) is 5.92 Å². The number of hydrogen-bond acceptors (Lipinski definition) is 3. The van der Waals surface area contributed by atoms with E-state index in [0.717, 1.165) is 25.7 Å². The molecule has 1 N–H and O–H groups in total. The standard InChI is InChI=1S/C16H22O4/c1-3-11-7-4-5-9-13(11)20-15-12(16(17)18)8-6-10-14(15)19-2/h6,8,10-11,13H,3-5,7,9H2,1-2H3,(H,17,18). The average Bonchev–Trinajstić information content (AvgIpc) is 2.47. The second-order valence-corrected chi connectivity index (χ2v) is 5.25. The van der Waals surface area contributed by atoms with E-state index in [1.165, 1.54) is 13.5 Å². The van der Waals surface area contributed by atoms with Gasteiger partial charge in [0.1, 0.15) is 11.7 Å². The Morgan fingerprint density at radius 2 is 2.10 bits per heavy atom. The lowest BCUT2D eigenvalue weighted by Gasteiger charge is -2.32. The topological polar surface area (TPSA) is 55.8 Å². The molecule has 2 rings (SSSR count). The summed E-state index contributed by atoms with van der Waals surface area (Å²) in [4.78, 5) is 11.3. The molecule has 1 aromatic rings. The number of aromatic carboxylic acids is 1. The van der Waals surface area contributed by atoms with Crippen molar-refractivity contribution in [2.75, 3.05) is 7.11 Å². The number of carbonyl (C=O) groups is 1. The van der Waals surface area contributed by atoms with Crippen LogP contribution in [0.1, 0.15) is 49.4 Å². The van der Waals surface area contributed by atoms with E-state index in [-0.39, 0.29) is 11.7 Å². The fraction of sp³-hybridized carbons (Fsp3) is 0.562. The van der Waals surface area contributed by atoms with Crippen LogP contribution in [0.2, 0.25) is 0 Å². The predicted molar refractivity (Wildman–Crippen MR) is 76.6 cm³/mol. The first-order valence-electron chi connectivity index (χ1n) is 7.24. The van der Waals surface area contributed by atoms with Crippen LogP contribution in [-0.2, 0) is 0 Å². The molecule has 0 bridgehead atoms. The van der Waals surface area contributed by atoms with E-state index in [0.29, 0.717) is 17.4 Å². The molecule has 0 spiro atoms. The zero-order valence-electron chi connectivity index (χ0n) is 12.1. The molecule has 1 aromatic carbocycles. The van der Waals surface area contributed by atoms with E-state index in [1.807, 2.05) is 0 Å². The van der Waals surface area contributed by atoms with Crippen LogP contribution in [0, 0.1) is 5.92 Å². The van der Waals surface area contributed by atoms with Crippen molar-refractivity contribution in [3.8, 4) is 11.5 Å². The van der Waals surface area contributed by atoms with Crippen LogP contribution in [0.4, 0.5) is 0 Å². The zero-order chi connectivity index (χ0) is 14.5. The molecule has 0 saturated heterocycles. The Labute approximate surface area is 119 Å². The molecule has 0 radical (unpaired) electrons. The van der Waals surface area contributed by atoms with Crippen molar-refractivity contribution in [2.45, 2.75) is 45.1 Å². The quantitative estimate of drug-likeness (QED) is 0.891. The highest BCUT2D eigenvalue weighted by Crippen LogP contribution is 2.36. The normalized spacial score (nSPS) is 22.3. The van der Waals surface area contributed by atoms with E-state index >= 15 is 0 Å². The first-order chi connectivity index (χ1) is 9.67. The van der Waals surface area contributed by atoms with Crippen molar-refractivity contribution in [3.05, 3.63) is 23.8 Å². The van der Waals surface area contributed by atoms with Gasteiger partial charge in [0.15, 0.2) is 11.5 Å². The van der Waals surface area contributed by atoms with Crippen LogP contribution in [0.15, 0.2) is 18.2 Å². The van der Waals surface area contributed by atoms with Crippen LogP contribution < -0.4 is 9.47 Å². The third kappa shape index (κ3) is 3.06. The van der Waals surface area contributed by atoms with Crippen molar-refractivity contribution in [1.29, 1.82) is 0 Å². The van der Waals surface area contributed by atoms with Gasteiger partial charge in [-0.2, -0.15) is 0 Å². The second kappa shape index (κ2) is 6.64. The first kappa shape index (κ1) is 14.7. The molecule has 2 unspecified atom stereocenters. The van der Waals surface area contributed by atoms with Gasteiger partial charge in [0.2, 0.25) is 0 Å². The Hall–Kier alpha value is -1.71. The molecule has 1 aliphatic rings. The lowest BCUT2D eigenvalue weighted by molar-refractivity contribution is 0.0658. The SMILES string of the molecule is CCC1CCCCC1Oc1c(OC)cccc1C(=O)O. The molecule has 0 aromatic heterocycles. The number of carboxylic acids is 1. The highest BCUT2D eigenvalue weighted by Gasteiger charge is 2.28. The molecule has 4 heteroatoms. The largest absolute Gasteiger partial charge is 0.493 e. The average molecular weight is 278 g/mol. The number of hydrogen-bond donors (Lipinski definition) is 1. The molecule has 1 saturated carbocycles. The predicted octanol–water partition coefficient (Wildman–Crippen LogP) is 3.74. The van der Waals surface area contributed by atoms with Crippen LogP contribution in [0.5, 0.6) is 11.5 Å². The van der Waals surface area contributed by atoms with Gasteiger partial charge >= 0.3 is 5.97 Å². The minimum absolute atomic E-state index is 0.0862. The molecule has 4 nitrogen and oxygen atoms in total. The molecule has 20 heavy (non-hydrogen) atoms. The van der Waals surface area contributed by atoms with E-state index in [9.17, 15) is 9.90 Å². The molecular weight excluding hydrogens is 256 g/mol. The van der Waals surface area contributed by atoms with Gasteiger partial charge in [0.25, 0.3) is 0 Å². The molecule has 1 aliphatic carbocycles. The monoisotopic (exact) mass is 278 g/mol. The Bertz CT molecular complexity index is 470. The van der Waals surface area contributed by atoms with Gasteiger partial charge in [-0.15, -0.1) is 0 Å². The van der Waals surface area contributed by atoms with Gasteiger partial charge in [0.05, 0.1) is 7.11 Å². The Balaban J connectivity index is 2.28. The molecule has 0 aliphatic heterocycles. The molecule has 110 valence electrons. The maximum Gasteiger partial charge on any atom is 0.339 e. The molecule has 0 heterocycles. The summed E-state index contributed by atoms with van der Waals surface area (Å²) in [5.41, 5.74) is 0.171. The van der Waals surface area contributed by atoms with Crippen LogP contribution >= 0.6 is 0 Å². The third-order valence-electron chi connectivity index (χ3n) is 4.06. The fourth-order valence-electron chi connectivity index (χ4n) is 2.91. The summed E-state index contributed by atoms with van der Waals surface area (Å²) in [6, 6.07) is 4.98. The number of methoxy groups -OCH3 is 1. The van der Waals surface area contributed by atoms with E-state index in [4.69, 9.17) is 9.47 Å². The van der Waals surface area contributed by atoms with Crippen molar-refractivity contribution < 1.29 is 19.4 Å². The summed E-state index contributed by atoms with van der Waals surface area (Å²) in [7, 11) is 1.53. The lowest BCUT2D eigenvalue weighted by atomic mass is 9.84. The molecule has 2 atom stereocenters. The van der Waals surface area contributed by atoms with Gasteiger partial charge in [-0.05, 0) is 43.7 Å². The maximum absolute atomic E-state index is 11.3.